The number of nitrogens with two attached hydrogens (primary N) is 1. The molecule has 0 aliphatic heterocycles. The number of halogens is 1. The van der Waals surface area contributed by atoms with E-state index in [1.165, 1.54) is 16.7 Å². The largest absolute Gasteiger partial charge is 0.271 e. The minimum atomic E-state index is 0.177. The molecule has 0 spiro atoms. The molecular weight excluding hydrogens is 268 g/mol. The molecule has 0 saturated heterocycles. The van der Waals surface area contributed by atoms with E-state index in [4.69, 9.17) is 17.4 Å². The number of hydrogen-bond donors (Lipinski definition) is 2. The quantitative estimate of drug-likeness (QED) is 0.652. The lowest BCUT2D eigenvalue weighted by Crippen LogP contribution is -2.38. The molecule has 0 fully saturated rings. The fraction of sp³-hybridized carbons (Fsp3) is 0.294. The molecule has 0 heterocycles. The van der Waals surface area contributed by atoms with Crippen molar-refractivity contribution in [2.75, 3.05) is 0 Å². The monoisotopic (exact) mass is 288 g/mol. The van der Waals surface area contributed by atoms with E-state index >= 15 is 0 Å². The van der Waals surface area contributed by atoms with Crippen LogP contribution in [-0.2, 0) is 12.8 Å². The topological polar surface area (TPSA) is 38.0 Å². The predicted octanol–water partition coefficient (Wildman–Crippen LogP) is 3.57. The van der Waals surface area contributed by atoms with Crippen molar-refractivity contribution in [1.29, 1.82) is 0 Å². The van der Waals surface area contributed by atoms with Gasteiger partial charge in [0.25, 0.3) is 0 Å². The van der Waals surface area contributed by atoms with Gasteiger partial charge in [0.2, 0.25) is 0 Å². The average molecular weight is 289 g/mol. The van der Waals surface area contributed by atoms with Gasteiger partial charge in [-0.05, 0) is 43.9 Å². The van der Waals surface area contributed by atoms with Gasteiger partial charge in [-0.3, -0.25) is 11.3 Å². The lowest BCUT2D eigenvalue weighted by Gasteiger charge is -2.17. The summed E-state index contributed by atoms with van der Waals surface area (Å²) in [6.45, 7) is 4.24. The van der Waals surface area contributed by atoms with Crippen molar-refractivity contribution in [3.8, 4) is 0 Å². The van der Waals surface area contributed by atoms with Gasteiger partial charge in [-0.15, -0.1) is 0 Å². The Hall–Kier alpha value is -1.35. The summed E-state index contributed by atoms with van der Waals surface area (Å²) in [5.41, 5.74) is 7.91. The molecule has 106 valence electrons. The van der Waals surface area contributed by atoms with E-state index in [0.29, 0.717) is 0 Å². The lowest BCUT2D eigenvalue weighted by molar-refractivity contribution is 0.522. The predicted molar refractivity (Wildman–Crippen MR) is 85.9 cm³/mol. The molecule has 2 aromatic rings. The summed E-state index contributed by atoms with van der Waals surface area (Å²) >= 11 is 6.21. The normalized spacial score (nSPS) is 12.4. The second kappa shape index (κ2) is 6.89. The van der Waals surface area contributed by atoms with Crippen molar-refractivity contribution in [2.45, 2.75) is 32.7 Å². The van der Waals surface area contributed by atoms with Crippen LogP contribution in [0, 0.1) is 13.8 Å². The van der Waals surface area contributed by atoms with Gasteiger partial charge < -0.3 is 0 Å². The van der Waals surface area contributed by atoms with E-state index in [2.05, 4.69) is 37.5 Å². The Bertz CT molecular complexity index is 561. The minimum Gasteiger partial charge on any atom is -0.271 e. The fourth-order valence-corrected chi connectivity index (χ4v) is 2.80. The molecule has 3 N–H and O–H groups in total. The number of benzene rings is 2. The van der Waals surface area contributed by atoms with Gasteiger partial charge in [0.15, 0.2) is 0 Å². The molecule has 0 aromatic heterocycles. The van der Waals surface area contributed by atoms with Crippen molar-refractivity contribution in [3.63, 3.8) is 0 Å². The van der Waals surface area contributed by atoms with Crippen molar-refractivity contribution >= 4 is 11.6 Å². The molecule has 1 atom stereocenters. The van der Waals surface area contributed by atoms with Gasteiger partial charge in [0, 0.05) is 11.1 Å². The highest BCUT2D eigenvalue weighted by Gasteiger charge is 2.11. The molecule has 0 amide bonds. The molecule has 20 heavy (non-hydrogen) atoms. The molecule has 2 aromatic carbocycles. The Morgan fingerprint density at radius 3 is 2.30 bits per heavy atom. The number of nitrogens with one attached hydrogen (secondary N) is 1. The third-order valence-corrected chi connectivity index (χ3v) is 3.79. The molecule has 3 heteroatoms. The molecule has 0 aliphatic carbocycles. The Morgan fingerprint density at radius 2 is 1.70 bits per heavy atom. The van der Waals surface area contributed by atoms with Crippen LogP contribution < -0.4 is 11.3 Å². The van der Waals surface area contributed by atoms with Crippen LogP contribution >= 0.6 is 11.6 Å². The van der Waals surface area contributed by atoms with Gasteiger partial charge in [-0.2, -0.15) is 0 Å². The van der Waals surface area contributed by atoms with Crippen LogP contribution in [0.2, 0.25) is 5.02 Å². The SMILES string of the molecule is Cc1cc(C)cc(CC(Cc2ccccc2Cl)NN)c1. The first-order valence-electron chi connectivity index (χ1n) is 6.85. The van der Waals surface area contributed by atoms with Crippen LogP contribution in [0.25, 0.3) is 0 Å². The van der Waals surface area contributed by atoms with Gasteiger partial charge >= 0.3 is 0 Å². The summed E-state index contributed by atoms with van der Waals surface area (Å²) < 4.78 is 0. The maximum Gasteiger partial charge on any atom is 0.0438 e. The molecular formula is C17H21ClN2. The van der Waals surface area contributed by atoms with E-state index in [1.54, 1.807) is 0 Å². The van der Waals surface area contributed by atoms with Crippen LogP contribution in [-0.4, -0.2) is 6.04 Å². The Morgan fingerprint density at radius 1 is 1.05 bits per heavy atom. The zero-order valence-electron chi connectivity index (χ0n) is 12.0. The standard InChI is InChI=1S/C17H21ClN2/c1-12-7-13(2)9-14(8-12)10-16(20-19)11-15-5-3-4-6-17(15)18/h3-9,16,20H,10-11,19H2,1-2H3. The first-order valence-corrected chi connectivity index (χ1v) is 7.23. The Labute approximate surface area is 125 Å². The van der Waals surface area contributed by atoms with Crippen LogP contribution in [0.4, 0.5) is 0 Å². The van der Waals surface area contributed by atoms with Gasteiger partial charge in [0.05, 0.1) is 0 Å². The van der Waals surface area contributed by atoms with Crippen molar-refractivity contribution < 1.29 is 0 Å². The van der Waals surface area contributed by atoms with Gasteiger partial charge in [-0.1, -0.05) is 59.1 Å². The molecule has 1 unspecified atom stereocenters. The van der Waals surface area contributed by atoms with Crippen LogP contribution in [0.5, 0.6) is 0 Å². The summed E-state index contributed by atoms with van der Waals surface area (Å²) in [6, 6.07) is 14.7. The highest BCUT2D eigenvalue weighted by molar-refractivity contribution is 6.31. The first-order chi connectivity index (χ1) is 9.58. The van der Waals surface area contributed by atoms with E-state index in [0.717, 1.165) is 23.4 Å². The first kappa shape index (κ1) is 15.0. The van der Waals surface area contributed by atoms with Crippen molar-refractivity contribution in [3.05, 3.63) is 69.7 Å². The number of aryl methyl sites for hydroxylation is 2. The van der Waals surface area contributed by atoms with E-state index in [1.807, 2.05) is 24.3 Å². The third-order valence-electron chi connectivity index (χ3n) is 3.42. The zero-order chi connectivity index (χ0) is 14.5. The number of hydrogen-bond acceptors (Lipinski definition) is 2. The van der Waals surface area contributed by atoms with Crippen molar-refractivity contribution in [2.24, 2.45) is 5.84 Å². The Balaban J connectivity index is 2.11. The molecule has 0 bridgehead atoms. The van der Waals surface area contributed by atoms with Gasteiger partial charge in [-0.25, -0.2) is 0 Å². The molecule has 2 rings (SSSR count). The van der Waals surface area contributed by atoms with Gasteiger partial charge in [0.1, 0.15) is 0 Å². The second-order valence-electron chi connectivity index (χ2n) is 5.36. The second-order valence-corrected chi connectivity index (χ2v) is 5.77. The molecule has 0 radical (unpaired) electrons. The lowest BCUT2D eigenvalue weighted by atomic mass is 9.97. The summed E-state index contributed by atoms with van der Waals surface area (Å²) in [7, 11) is 0. The van der Waals surface area contributed by atoms with Crippen LogP contribution in [0.1, 0.15) is 22.3 Å². The highest BCUT2D eigenvalue weighted by atomic mass is 35.5. The van der Waals surface area contributed by atoms with E-state index in [-0.39, 0.29) is 6.04 Å². The van der Waals surface area contributed by atoms with Crippen LogP contribution in [0.15, 0.2) is 42.5 Å². The minimum absolute atomic E-state index is 0.177. The molecule has 2 nitrogen and oxygen atoms in total. The molecule has 0 aliphatic rings. The summed E-state index contributed by atoms with van der Waals surface area (Å²) in [5.74, 6) is 5.70. The van der Waals surface area contributed by atoms with Crippen LogP contribution in [0.3, 0.4) is 0 Å². The zero-order valence-corrected chi connectivity index (χ0v) is 12.7. The van der Waals surface area contributed by atoms with E-state index < -0.39 is 0 Å². The summed E-state index contributed by atoms with van der Waals surface area (Å²) in [4.78, 5) is 0. The summed E-state index contributed by atoms with van der Waals surface area (Å²) in [6.07, 6.45) is 1.72. The smallest absolute Gasteiger partial charge is 0.0438 e. The maximum atomic E-state index is 6.21. The average Bonchev–Trinajstić information content (AvgIpc) is 2.39. The third kappa shape index (κ3) is 4.07. The van der Waals surface area contributed by atoms with Crippen molar-refractivity contribution in [1.82, 2.24) is 5.43 Å². The number of rotatable bonds is 5. The van der Waals surface area contributed by atoms with E-state index in [9.17, 15) is 0 Å². The molecule has 0 saturated carbocycles. The maximum absolute atomic E-state index is 6.21. The Kier molecular flexibility index (Phi) is 5.18. The highest BCUT2D eigenvalue weighted by Crippen LogP contribution is 2.18. The fourth-order valence-electron chi connectivity index (χ4n) is 2.59. The number of hydrazine groups is 1. The summed E-state index contributed by atoms with van der Waals surface area (Å²) in [5, 5.41) is 0.799.